The fourth-order valence-corrected chi connectivity index (χ4v) is 0.740. The van der Waals surface area contributed by atoms with Gasteiger partial charge >= 0.3 is 6.09 Å². The van der Waals surface area contributed by atoms with E-state index >= 15 is 0 Å². The summed E-state index contributed by atoms with van der Waals surface area (Å²) in [6, 6.07) is 0. The summed E-state index contributed by atoms with van der Waals surface area (Å²) >= 11 is 0. The van der Waals surface area contributed by atoms with E-state index in [1.807, 2.05) is 0 Å². The molecule has 66 valence electrons. The Kier molecular flexibility index (Phi) is 6.82. The first-order valence-electron chi connectivity index (χ1n) is 3.80. The van der Waals surface area contributed by atoms with Gasteiger partial charge in [0.15, 0.2) is 0 Å². The number of hydrogen-bond acceptors (Lipinski definition) is 3. The zero-order chi connectivity index (χ0) is 8.53. The van der Waals surface area contributed by atoms with Crippen LogP contribution in [-0.4, -0.2) is 24.4 Å². The van der Waals surface area contributed by atoms with Crippen LogP contribution in [0.15, 0.2) is 0 Å². The van der Waals surface area contributed by atoms with Gasteiger partial charge in [-0.15, -0.1) is 0 Å². The van der Waals surface area contributed by atoms with Gasteiger partial charge in [0.05, 0.1) is 6.61 Å². The van der Waals surface area contributed by atoms with Crippen LogP contribution < -0.4 is 5.73 Å². The topological polar surface area (TPSA) is 72.6 Å². The largest absolute Gasteiger partial charge is 0.450 e. The van der Waals surface area contributed by atoms with Crippen LogP contribution in [0.1, 0.15) is 25.7 Å². The number of aliphatic hydroxyl groups excluding tert-OH is 1. The van der Waals surface area contributed by atoms with E-state index in [0.29, 0.717) is 6.61 Å². The van der Waals surface area contributed by atoms with E-state index < -0.39 is 6.09 Å². The predicted octanol–water partition coefficient (Wildman–Crippen LogP) is 0.634. The number of carbonyl (C=O) groups excluding carboxylic acids is 1. The smallest absolute Gasteiger partial charge is 0.404 e. The molecule has 0 fully saturated rings. The molecule has 0 aliphatic heterocycles. The second-order valence-corrected chi connectivity index (χ2v) is 2.31. The normalized spacial score (nSPS) is 9.55. The minimum Gasteiger partial charge on any atom is -0.450 e. The van der Waals surface area contributed by atoms with Gasteiger partial charge in [-0.1, -0.05) is 6.42 Å². The van der Waals surface area contributed by atoms with Crippen LogP contribution in [0.25, 0.3) is 0 Å². The van der Waals surface area contributed by atoms with Crippen molar-refractivity contribution in [2.75, 3.05) is 13.2 Å². The Morgan fingerprint density at radius 1 is 1.27 bits per heavy atom. The van der Waals surface area contributed by atoms with Gasteiger partial charge in [-0.05, 0) is 19.3 Å². The zero-order valence-electron chi connectivity index (χ0n) is 6.58. The predicted molar refractivity (Wildman–Crippen MR) is 41.1 cm³/mol. The molecule has 0 radical (unpaired) electrons. The third-order valence-electron chi connectivity index (χ3n) is 1.30. The van der Waals surface area contributed by atoms with E-state index in [0.717, 1.165) is 25.7 Å². The molecule has 3 N–H and O–H groups in total. The van der Waals surface area contributed by atoms with E-state index in [9.17, 15) is 4.79 Å². The van der Waals surface area contributed by atoms with Crippen molar-refractivity contribution in [2.45, 2.75) is 25.7 Å². The van der Waals surface area contributed by atoms with Crippen molar-refractivity contribution in [2.24, 2.45) is 5.73 Å². The first-order valence-corrected chi connectivity index (χ1v) is 3.80. The third-order valence-corrected chi connectivity index (χ3v) is 1.30. The van der Waals surface area contributed by atoms with Gasteiger partial charge < -0.3 is 15.6 Å². The minimum atomic E-state index is -0.716. The Labute approximate surface area is 66.3 Å². The minimum absolute atomic E-state index is 0.233. The van der Waals surface area contributed by atoms with Crippen LogP contribution in [-0.2, 0) is 4.74 Å². The highest BCUT2D eigenvalue weighted by molar-refractivity contribution is 5.64. The number of unbranched alkanes of at least 4 members (excludes halogenated alkanes) is 3. The van der Waals surface area contributed by atoms with Gasteiger partial charge in [-0.3, -0.25) is 0 Å². The Balaban J connectivity index is 2.85. The molecule has 0 aromatic heterocycles. The summed E-state index contributed by atoms with van der Waals surface area (Å²) in [5.41, 5.74) is 4.73. The fraction of sp³-hybridized carbons (Fsp3) is 0.857. The molecule has 11 heavy (non-hydrogen) atoms. The molecule has 0 aliphatic carbocycles. The summed E-state index contributed by atoms with van der Waals surface area (Å²) in [7, 11) is 0. The number of rotatable bonds is 6. The molecule has 0 aromatic carbocycles. The van der Waals surface area contributed by atoms with Crippen molar-refractivity contribution in [3.05, 3.63) is 0 Å². The standard InChI is InChI=1S/C7H15NO3/c8-7(10)11-6-4-2-1-3-5-9/h9H,1-6H2,(H2,8,10). The van der Waals surface area contributed by atoms with Crippen molar-refractivity contribution >= 4 is 6.09 Å². The lowest BCUT2D eigenvalue weighted by atomic mass is 10.2. The number of carbonyl (C=O) groups is 1. The summed E-state index contributed by atoms with van der Waals surface area (Å²) in [5, 5.41) is 8.41. The van der Waals surface area contributed by atoms with Gasteiger partial charge in [0.25, 0.3) is 0 Å². The molecule has 0 heterocycles. The van der Waals surface area contributed by atoms with Gasteiger partial charge in [-0.25, -0.2) is 4.79 Å². The van der Waals surface area contributed by atoms with Crippen LogP contribution >= 0.6 is 0 Å². The van der Waals surface area contributed by atoms with Gasteiger partial charge in [-0.2, -0.15) is 0 Å². The first kappa shape index (κ1) is 10.2. The van der Waals surface area contributed by atoms with E-state index in [-0.39, 0.29) is 6.61 Å². The van der Waals surface area contributed by atoms with Crippen molar-refractivity contribution in [3.63, 3.8) is 0 Å². The lowest BCUT2D eigenvalue weighted by Gasteiger charge is -1.99. The van der Waals surface area contributed by atoms with E-state index in [1.54, 1.807) is 0 Å². The van der Waals surface area contributed by atoms with Crippen molar-refractivity contribution in [1.29, 1.82) is 0 Å². The molecular weight excluding hydrogens is 146 g/mol. The number of primary amides is 1. The maximum atomic E-state index is 10.0. The molecular formula is C7H15NO3. The molecule has 0 aromatic rings. The summed E-state index contributed by atoms with van der Waals surface area (Å²) in [6.07, 6.45) is 2.86. The maximum Gasteiger partial charge on any atom is 0.404 e. The maximum absolute atomic E-state index is 10.0. The van der Waals surface area contributed by atoms with Crippen molar-refractivity contribution in [1.82, 2.24) is 0 Å². The van der Waals surface area contributed by atoms with E-state index in [2.05, 4.69) is 4.74 Å². The highest BCUT2D eigenvalue weighted by atomic mass is 16.5. The second-order valence-electron chi connectivity index (χ2n) is 2.31. The molecule has 0 rings (SSSR count). The van der Waals surface area contributed by atoms with E-state index in [4.69, 9.17) is 10.8 Å². The first-order chi connectivity index (χ1) is 5.27. The average molecular weight is 161 g/mol. The molecule has 1 amide bonds. The summed E-state index contributed by atoms with van der Waals surface area (Å²) < 4.78 is 4.50. The third kappa shape index (κ3) is 9.23. The molecule has 0 atom stereocenters. The SMILES string of the molecule is NC(=O)OCCCCCCO. The average Bonchev–Trinajstić information content (AvgIpc) is 1.96. The summed E-state index contributed by atoms with van der Waals surface area (Å²) in [5.74, 6) is 0. The van der Waals surface area contributed by atoms with Crippen LogP contribution in [0.5, 0.6) is 0 Å². The fourth-order valence-electron chi connectivity index (χ4n) is 0.740. The van der Waals surface area contributed by atoms with Crippen LogP contribution in [0.4, 0.5) is 4.79 Å². The number of nitrogens with two attached hydrogens (primary N) is 1. The Morgan fingerprint density at radius 3 is 2.45 bits per heavy atom. The molecule has 4 heteroatoms. The summed E-state index contributed by atoms with van der Waals surface area (Å²) in [4.78, 5) is 10.0. The lowest BCUT2D eigenvalue weighted by molar-refractivity contribution is 0.154. The zero-order valence-corrected chi connectivity index (χ0v) is 6.58. The number of aliphatic hydroxyl groups is 1. The Bertz CT molecular complexity index is 106. The number of amides is 1. The van der Waals surface area contributed by atoms with Crippen LogP contribution in [0.2, 0.25) is 0 Å². The van der Waals surface area contributed by atoms with Crippen LogP contribution in [0.3, 0.4) is 0 Å². The molecule has 0 spiro atoms. The number of hydrogen-bond donors (Lipinski definition) is 2. The Morgan fingerprint density at radius 2 is 1.91 bits per heavy atom. The highest BCUT2D eigenvalue weighted by Gasteiger charge is 1.92. The van der Waals surface area contributed by atoms with Gasteiger partial charge in [0.1, 0.15) is 0 Å². The summed E-state index contributed by atoms with van der Waals surface area (Å²) in [6.45, 7) is 0.622. The molecule has 0 saturated carbocycles. The monoisotopic (exact) mass is 161 g/mol. The van der Waals surface area contributed by atoms with Crippen LogP contribution in [0, 0.1) is 0 Å². The van der Waals surface area contributed by atoms with Gasteiger partial charge in [0.2, 0.25) is 0 Å². The van der Waals surface area contributed by atoms with Gasteiger partial charge in [0, 0.05) is 6.61 Å². The van der Waals surface area contributed by atoms with Crippen molar-refractivity contribution < 1.29 is 14.6 Å². The quantitative estimate of drug-likeness (QED) is 0.561. The van der Waals surface area contributed by atoms with Crippen molar-refractivity contribution in [3.8, 4) is 0 Å². The second kappa shape index (κ2) is 7.34. The molecule has 0 bridgehead atoms. The molecule has 4 nitrogen and oxygen atoms in total. The van der Waals surface area contributed by atoms with E-state index in [1.165, 1.54) is 0 Å². The molecule has 0 aliphatic rings. The molecule has 0 unspecified atom stereocenters. The highest BCUT2D eigenvalue weighted by Crippen LogP contribution is 1.98. The lowest BCUT2D eigenvalue weighted by Crippen LogP contribution is -2.13. The number of ether oxygens (including phenoxy) is 1. The molecule has 0 saturated heterocycles. The Hall–Kier alpha value is -0.770.